The smallest absolute Gasteiger partial charge is 0 e. The fraction of sp³-hybridized carbons (Fsp3) is 0.200. The van der Waals surface area contributed by atoms with Gasteiger partial charge in [-0.05, 0) is 8.42 Å². The first-order chi connectivity index (χ1) is 6.13. The standard InChI is InChI=1S/C10H10N2.W.Y/c1-7-6-9-8(2)11-5-4-10(9)12(7)3;;/h4,6H,1H2,2-3H3;;/q-2;;/i6T;;. The predicted octanol–water partition coefficient (Wildman–Crippen LogP) is 1.70. The van der Waals surface area contributed by atoms with Gasteiger partial charge in [-0.1, -0.05) is 30.2 Å². The number of aryl methyl sites for hydroxylation is 1. The normalized spacial score (nSPS) is 14.1. The van der Waals surface area contributed by atoms with Gasteiger partial charge in [0.05, 0.1) is 0 Å². The molecular weight excluding hydrogens is 421 g/mol. The molecule has 0 aromatic carbocycles. The van der Waals surface area contributed by atoms with E-state index in [1.807, 2.05) is 18.9 Å². The van der Waals surface area contributed by atoms with Crippen LogP contribution in [-0.4, -0.2) is 12.0 Å². The van der Waals surface area contributed by atoms with Crippen molar-refractivity contribution in [3.8, 4) is 0 Å². The number of pyridine rings is 1. The number of nitrogens with zero attached hydrogens (tertiary/aromatic N) is 2. The minimum atomic E-state index is 0. The summed E-state index contributed by atoms with van der Waals surface area (Å²) in [6.45, 7) is 5.72. The van der Waals surface area contributed by atoms with Crippen molar-refractivity contribution in [3.05, 3.63) is 42.2 Å². The van der Waals surface area contributed by atoms with E-state index in [0.29, 0.717) is 6.40 Å². The van der Waals surface area contributed by atoms with Crippen LogP contribution in [0.3, 0.4) is 0 Å². The fourth-order valence-electron chi connectivity index (χ4n) is 1.30. The Labute approximate surface area is 126 Å². The van der Waals surface area contributed by atoms with Gasteiger partial charge in [-0.3, -0.25) is 0 Å². The maximum absolute atomic E-state index is 7.81. The molecule has 0 spiro atoms. The van der Waals surface area contributed by atoms with Crippen LogP contribution in [0.4, 0.5) is 5.69 Å². The minimum Gasteiger partial charge on any atom is -0.414 e. The second kappa shape index (κ2) is 5.44. The van der Waals surface area contributed by atoms with Gasteiger partial charge < -0.3 is 9.88 Å². The van der Waals surface area contributed by atoms with Crippen LogP contribution in [0, 0.1) is 19.5 Å². The molecule has 0 amide bonds. The third-order valence-electron chi connectivity index (χ3n) is 2.09. The summed E-state index contributed by atoms with van der Waals surface area (Å²) in [6.07, 6.45) is 3.27. The van der Waals surface area contributed by atoms with E-state index in [0.717, 1.165) is 22.6 Å². The summed E-state index contributed by atoms with van der Waals surface area (Å²) < 4.78 is 7.81. The van der Waals surface area contributed by atoms with Crippen molar-refractivity contribution in [1.29, 1.82) is 0 Å². The Hall–Kier alpha value is 0.352. The summed E-state index contributed by atoms with van der Waals surface area (Å²) in [6, 6.07) is 1.79. The Kier molecular flexibility index (Phi) is 4.83. The van der Waals surface area contributed by atoms with Gasteiger partial charge in [0.25, 0.3) is 0 Å². The van der Waals surface area contributed by atoms with E-state index in [9.17, 15) is 0 Å². The molecule has 0 aliphatic carbocycles. The number of anilines is 1. The number of fused-ring (bicyclic) bond motifs is 1. The third kappa shape index (κ3) is 2.29. The predicted molar refractivity (Wildman–Crippen MR) is 48.8 cm³/mol. The molecule has 0 saturated carbocycles. The summed E-state index contributed by atoms with van der Waals surface area (Å²) in [7, 11) is 1.90. The van der Waals surface area contributed by atoms with Crippen molar-refractivity contribution in [2.24, 2.45) is 0 Å². The van der Waals surface area contributed by atoms with E-state index in [2.05, 4.69) is 17.8 Å². The first-order valence-corrected chi connectivity index (χ1v) is 3.77. The zero-order valence-electron chi connectivity index (χ0n) is 9.16. The number of allylic oxidation sites excluding steroid dienone is 1. The second-order valence-corrected chi connectivity index (χ2v) is 2.86. The molecule has 0 unspecified atom stereocenters. The molecule has 1 aliphatic heterocycles. The SMILES string of the molecule is [3H][C-]1C(=C)N(C)c2c[c-]nc(C)c21.[W].[Y]. The van der Waals surface area contributed by atoms with Crippen molar-refractivity contribution in [2.75, 3.05) is 11.9 Å². The Balaban J connectivity index is 0.000000980. The second-order valence-electron chi connectivity index (χ2n) is 2.86. The van der Waals surface area contributed by atoms with Gasteiger partial charge in [-0.15, -0.1) is 24.6 Å². The maximum Gasteiger partial charge on any atom is 0 e. The molecule has 1 aliphatic rings. The molecule has 0 saturated heterocycles. The first kappa shape index (κ1) is 12.4. The quantitative estimate of drug-likeness (QED) is 0.580. The Bertz CT molecular complexity index is 384. The van der Waals surface area contributed by atoms with Crippen LogP contribution < -0.4 is 4.90 Å². The molecule has 0 atom stereocenters. The summed E-state index contributed by atoms with van der Waals surface area (Å²) in [5.41, 5.74) is 3.42. The molecule has 1 aromatic rings. The molecule has 4 heteroatoms. The number of aromatic nitrogens is 1. The van der Waals surface area contributed by atoms with Gasteiger partial charge in [-0.2, -0.15) is 0 Å². The topological polar surface area (TPSA) is 16.1 Å². The van der Waals surface area contributed by atoms with Gasteiger partial charge in [0.15, 0.2) is 0 Å². The van der Waals surface area contributed by atoms with Crippen molar-refractivity contribution < 1.29 is 55.1 Å². The number of hydrogen-bond donors (Lipinski definition) is 0. The molecule has 1 radical (unpaired) electrons. The molecule has 14 heavy (non-hydrogen) atoms. The van der Waals surface area contributed by atoms with Crippen LogP contribution >= 0.6 is 0 Å². The number of likely N-dealkylation sites (N-methyl/N-ethyl adjacent to an activating group) is 1. The zero-order chi connectivity index (χ0) is 9.59. The number of rotatable bonds is 0. The van der Waals surface area contributed by atoms with E-state index in [1.165, 1.54) is 0 Å². The number of hydrogen-bond acceptors (Lipinski definition) is 2. The van der Waals surface area contributed by atoms with Crippen LogP contribution in [-0.2, 0) is 53.8 Å². The van der Waals surface area contributed by atoms with E-state index in [1.54, 1.807) is 6.07 Å². The zero-order valence-corrected chi connectivity index (χ0v) is 13.9. The molecule has 0 N–H and O–H groups in total. The third-order valence-corrected chi connectivity index (χ3v) is 2.09. The minimum absolute atomic E-state index is 0. The van der Waals surface area contributed by atoms with Crippen LogP contribution in [0.2, 0.25) is 0 Å². The van der Waals surface area contributed by atoms with Crippen LogP contribution in [0.1, 0.15) is 12.6 Å². The van der Waals surface area contributed by atoms with Gasteiger partial charge in [0.1, 0.15) is 0 Å². The Morgan fingerprint density at radius 3 is 2.93 bits per heavy atom. The summed E-state index contributed by atoms with van der Waals surface area (Å²) in [5, 5.41) is 0. The van der Waals surface area contributed by atoms with Crippen LogP contribution in [0.25, 0.3) is 0 Å². The molecule has 0 fully saturated rings. The van der Waals surface area contributed by atoms with Gasteiger partial charge in [0, 0.05) is 53.8 Å². The van der Waals surface area contributed by atoms with E-state index in [-0.39, 0.29) is 53.8 Å². The molecule has 2 nitrogen and oxygen atoms in total. The van der Waals surface area contributed by atoms with Crippen LogP contribution in [0.5, 0.6) is 0 Å². The summed E-state index contributed by atoms with van der Waals surface area (Å²) in [4.78, 5) is 5.93. The van der Waals surface area contributed by atoms with Crippen LogP contribution in [0.15, 0.2) is 18.3 Å². The molecule has 0 bridgehead atoms. The fourth-order valence-corrected chi connectivity index (χ4v) is 1.30. The van der Waals surface area contributed by atoms with Gasteiger partial charge in [0.2, 0.25) is 0 Å². The molecule has 2 heterocycles. The van der Waals surface area contributed by atoms with Gasteiger partial charge in [-0.25, -0.2) is 0 Å². The molecule has 2 rings (SSSR count). The van der Waals surface area contributed by atoms with Crippen molar-refractivity contribution in [2.45, 2.75) is 6.92 Å². The van der Waals surface area contributed by atoms with E-state index in [4.69, 9.17) is 1.37 Å². The van der Waals surface area contributed by atoms with Gasteiger partial charge >= 0.3 is 0 Å². The largest absolute Gasteiger partial charge is 0.414 e. The average Bonchev–Trinajstić information content (AvgIpc) is 2.33. The first-order valence-electron chi connectivity index (χ1n) is 4.27. The van der Waals surface area contributed by atoms with Crippen molar-refractivity contribution in [1.82, 2.24) is 4.98 Å². The summed E-state index contributed by atoms with van der Waals surface area (Å²) in [5.74, 6) is 0. The molecular formula is C10H10N2WY-2. The Morgan fingerprint density at radius 1 is 1.71 bits per heavy atom. The van der Waals surface area contributed by atoms with Crippen molar-refractivity contribution in [3.63, 3.8) is 0 Å². The molecule has 71 valence electrons. The monoisotopic (exact) mass is 433 g/mol. The van der Waals surface area contributed by atoms with E-state index >= 15 is 0 Å². The maximum atomic E-state index is 7.81. The molecule has 1 aromatic heterocycles. The Morgan fingerprint density at radius 2 is 2.36 bits per heavy atom. The van der Waals surface area contributed by atoms with E-state index < -0.39 is 0 Å². The average molecular weight is 433 g/mol. The van der Waals surface area contributed by atoms with Crippen molar-refractivity contribution >= 4 is 5.69 Å². The summed E-state index contributed by atoms with van der Waals surface area (Å²) >= 11 is 0.